The van der Waals surface area contributed by atoms with Crippen LogP contribution in [0.25, 0.3) is 55.6 Å². The van der Waals surface area contributed by atoms with Crippen molar-refractivity contribution in [2.75, 3.05) is 0 Å². The summed E-state index contributed by atoms with van der Waals surface area (Å²) < 4.78 is 0. The van der Waals surface area contributed by atoms with E-state index in [4.69, 9.17) is 9.97 Å². The van der Waals surface area contributed by atoms with Gasteiger partial charge in [0.1, 0.15) is 5.69 Å². The van der Waals surface area contributed by atoms with E-state index in [0.717, 1.165) is 33.2 Å². The fourth-order valence-corrected chi connectivity index (χ4v) is 4.23. The summed E-state index contributed by atoms with van der Waals surface area (Å²) in [7, 11) is 0. The normalized spacial score (nSPS) is 11.1. The fraction of sp³-hybridized carbons (Fsp3) is 0. The number of hydrogen-bond donors (Lipinski definition) is 0. The van der Waals surface area contributed by atoms with Gasteiger partial charge in [0.2, 0.25) is 0 Å². The zero-order valence-corrected chi connectivity index (χ0v) is 17.3. The molecule has 0 amide bonds. The molecule has 0 saturated carbocycles. The van der Waals surface area contributed by atoms with E-state index in [1.165, 1.54) is 16.5 Å². The second kappa shape index (κ2) is 7.71. The summed E-state index contributed by atoms with van der Waals surface area (Å²) in [6, 6.07) is 37.2. The molecule has 0 fully saturated rings. The van der Waals surface area contributed by atoms with Crippen LogP contribution in [0.2, 0.25) is 0 Å². The average molecular weight is 409 g/mol. The molecule has 0 radical (unpaired) electrons. The van der Waals surface area contributed by atoms with Gasteiger partial charge in [-0.25, -0.2) is 9.97 Å². The highest BCUT2D eigenvalue weighted by atomic mass is 14.9. The molecule has 4 aromatic carbocycles. The van der Waals surface area contributed by atoms with Crippen molar-refractivity contribution in [2.24, 2.45) is 0 Å². The summed E-state index contributed by atoms with van der Waals surface area (Å²) in [6.45, 7) is 0. The van der Waals surface area contributed by atoms with Crippen LogP contribution in [-0.2, 0) is 0 Å². The van der Waals surface area contributed by atoms with Crippen LogP contribution in [0.15, 0.2) is 115 Å². The maximum Gasteiger partial charge on any atom is 0.160 e. The first-order chi connectivity index (χ1) is 15.9. The van der Waals surface area contributed by atoms with Crippen molar-refractivity contribution in [2.45, 2.75) is 0 Å². The third kappa shape index (κ3) is 3.12. The lowest BCUT2D eigenvalue weighted by Gasteiger charge is -2.14. The lowest BCUT2D eigenvalue weighted by Crippen LogP contribution is -1.98. The molecule has 2 aromatic heterocycles. The highest BCUT2D eigenvalue weighted by Crippen LogP contribution is 2.38. The van der Waals surface area contributed by atoms with Crippen LogP contribution in [-0.4, -0.2) is 15.0 Å². The summed E-state index contributed by atoms with van der Waals surface area (Å²) in [5, 5.41) is 3.29. The van der Waals surface area contributed by atoms with E-state index in [1.54, 1.807) is 0 Å². The number of hydrogen-bond acceptors (Lipinski definition) is 3. The second-order valence-electron chi connectivity index (χ2n) is 7.71. The van der Waals surface area contributed by atoms with E-state index in [-0.39, 0.29) is 0 Å². The van der Waals surface area contributed by atoms with Gasteiger partial charge in [0, 0.05) is 22.5 Å². The van der Waals surface area contributed by atoms with E-state index in [2.05, 4.69) is 59.6 Å². The number of rotatable bonds is 3. The first kappa shape index (κ1) is 18.4. The monoisotopic (exact) mass is 409 g/mol. The number of fused-ring (bicyclic) bond motifs is 3. The van der Waals surface area contributed by atoms with Gasteiger partial charge in [-0.15, -0.1) is 0 Å². The summed E-state index contributed by atoms with van der Waals surface area (Å²) in [5.74, 6) is 0.705. The van der Waals surface area contributed by atoms with Gasteiger partial charge in [0.25, 0.3) is 0 Å². The molecule has 0 aliphatic rings. The van der Waals surface area contributed by atoms with Gasteiger partial charge in [-0.1, -0.05) is 91.0 Å². The highest BCUT2D eigenvalue weighted by molar-refractivity contribution is 6.15. The molecule has 0 unspecified atom stereocenters. The molecule has 0 saturated heterocycles. The molecule has 3 heteroatoms. The predicted octanol–water partition coefficient (Wildman–Crippen LogP) is 7.18. The van der Waals surface area contributed by atoms with E-state index in [1.807, 2.05) is 60.8 Å². The Morgan fingerprint density at radius 1 is 0.500 bits per heavy atom. The molecule has 0 aliphatic carbocycles. The van der Waals surface area contributed by atoms with Crippen molar-refractivity contribution < 1.29 is 0 Å². The molecule has 150 valence electrons. The van der Waals surface area contributed by atoms with Gasteiger partial charge >= 0.3 is 0 Å². The van der Waals surface area contributed by atoms with Crippen LogP contribution in [0.5, 0.6) is 0 Å². The van der Waals surface area contributed by atoms with Crippen LogP contribution < -0.4 is 0 Å². The third-order valence-electron chi connectivity index (χ3n) is 5.73. The Hall–Kier alpha value is -4.37. The Balaban J connectivity index is 1.77. The molecule has 0 aliphatic heterocycles. The first-order valence-corrected chi connectivity index (χ1v) is 10.6. The molecule has 0 spiro atoms. The first-order valence-electron chi connectivity index (χ1n) is 10.6. The molecule has 0 atom stereocenters. The molecule has 2 heterocycles. The van der Waals surface area contributed by atoms with Gasteiger partial charge in [0.05, 0.1) is 11.2 Å². The van der Waals surface area contributed by atoms with Crippen molar-refractivity contribution >= 4 is 21.7 Å². The summed E-state index contributed by atoms with van der Waals surface area (Å²) in [6.07, 6.45) is 1.81. The van der Waals surface area contributed by atoms with Crippen LogP contribution >= 0.6 is 0 Å². The third-order valence-corrected chi connectivity index (χ3v) is 5.73. The summed E-state index contributed by atoms with van der Waals surface area (Å²) in [5.41, 5.74) is 5.95. The molecular weight excluding hydrogens is 390 g/mol. The van der Waals surface area contributed by atoms with E-state index in [0.29, 0.717) is 5.82 Å². The fourth-order valence-electron chi connectivity index (χ4n) is 4.23. The molecule has 32 heavy (non-hydrogen) atoms. The molecule has 0 bridgehead atoms. The number of nitrogens with zero attached hydrogens (tertiary/aromatic N) is 3. The van der Waals surface area contributed by atoms with Crippen molar-refractivity contribution in [3.05, 3.63) is 115 Å². The van der Waals surface area contributed by atoms with Gasteiger partial charge in [-0.05, 0) is 34.7 Å². The lowest BCUT2D eigenvalue weighted by molar-refractivity contribution is 1.20. The van der Waals surface area contributed by atoms with Gasteiger partial charge < -0.3 is 0 Å². The molecule has 6 aromatic rings. The van der Waals surface area contributed by atoms with Gasteiger partial charge in [0.15, 0.2) is 5.82 Å². The van der Waals surface area contributed by atoms with Crippen molar-refractivity contribution in [1.29, 1.82) is 0 Å². The summed E-state index contributed by atoms with van der Waals surface area (Å²) >= 11 is 0. The van der Waals surface area contributed by atoms with Gasteiger partial charge in [-0.2, -0.15) is 0 Å². The standard InChI is InChI=1S/C29H19N3/c1-3-11-20(12-4-1)24-19-25-27(23-16-8-7-15-22(23)24)31-29(21-13-5-2-6-14-21)32-28(25)26-17-9-10-18-30-26/h1-19H. The van der Waals surface area contributed by atoms with Crippen molar-refractivity contribution in [3.63, 3.8) is 0 Å². The van der Waals surface area contributed by atoms with Crippen LogP contribution in [0.4, 0.5) is 0 Å². The van der Waals surface area contributed by atoms with Crippen LogP contribution in [0.3, 0.4) is 0 Å². The molecule has 0 N–H and O–H groups in total. The maximum absolute atomic E-state index is 5.06. The number of aromatic nitrogens is 3. The highest BCUT2D eigenvalue weighted by Gasteiger charge is 2.17. The van der Waals surface area contributed by atoms with E-state index < -0.39 is 0 Å². The molecule has 6 rings (SSSR count). The van der Waals surface area contributed by atoms with E-state index >= 15 is 0 Å². The Kier molecular flexibility index (Phi) is 4.43. The SMILES string of the molecule is c1ccc(-c2nc(-c3ccccn3)c3cc(-c4ccccc4)c4ccccc4c3n2)cc1. The smallest absolute Gasteiger partial charge is 0.160 e. The topological polar surface area (TPSA) is 38.7 Å². The Morgan fingerprint density at radius 3 is 1.88 bits per heavy atom. The largest absolute Gasteiger partial charge is 0.255 e. The van der Waals surface area contributed by atoms with Gasteiger partial charge in [-0.3, -0.25) is 4.98 Å². The van der Waals surface area contributed by atoms with Crippen LogP contribution in [0.1, 0.15) is 0 Å². The van der Waals surface area contributed by atoms with Crippen molar-refractivity contribution in [1.82, 2.24) is 15.0 Å². The summed E-state index contributed by atoms with van der Waals surface area (Å²) in [4.78, 5) is 14.7. The van der Waals surface area contributed by atoms with Crippen molar-refractivity contribution in [3.8, 4) is 33.9 Å². The maximum atomic E-state index is 5.06. The Bertz CT molecular complexity index is 1540. The van der Waals surface area contributed by atoms with Crippen LogP contribution in [0, 0.1) is 0 Å². The Labute approximate surface area is 186 Å². The average Bonchev–Trinajstić information content (AvgIpc) is 2.89. The quantitative estimate of drug-likeness (QED) is 0.291. The zero-order valence-electron chi connectivity index (χ0n) is 17.3. The minimum atomic E-state index is 0.705. The zero-order chi connectivity index (χ0) is 21.3. The predicted molar refractivity (Wildman–Crippen MR) is 131 cm³/mol. The minimum absolute atomic E-state index is 0.705. The Morgan fingerprint density at radius 2 is 1.16 bits per heavy atom. The van der Waals surface area contributed by atoms with E-state index in [9.17, 15) is 0 Å². The lowest BCUT2D eigenvalue weighted by atomic mass is 9.94. The molecular formula is C29H19N3. The second-order valence-corrected chi connectivity index (χ2v) is 7.71. The molecule has 3 nitrogen and oxygen atoms in total. The number of benzene rings is 4. The number of pyridine rings is 1. The minimum Gasteiger partial charge on any atom is -0.255 e.